The fraction of sp³-hybridized carbons (Fsp3) is 0.579. The summed E-state index contributed by atoms with van der Waals surface area (Å²) >= 11 is 6.19. The molecule has 0 bridgehead atoms. The van der Waals surface area contributed by atoms with Crippen molar-refractivity contribution in [2.24, 2.45) is 5.73 Å². The zero-order valence-electron chi connectivity index (χ0n) is 15.5. The predicted molar refractivity (Wildman–Crippen MR) is 102 cm³/mol. The number of nitrogens with two attached hydrogens (primary N) is 1. The van der Waals surface area contributed by atoms with Crippen molar-refractivity contribution >= 4 is 23.4 Å². The predicted octanol–water partition coefficient (Wildman–Crippen LogP) is 1.04. The number of hydrogen-bond acceptors (Lipinski definition) is 4. The average Bonchev–Trinajstić information content (AvgIpc) is 2.95. The number of rotatable bonds is 5. The third-order valence-electron chi connectivity index (χ3n) is 4.31. The lowest BCUT2D eigenvalue weighted by molar-refractivity contribution is -0.146. The Labute approximate surface area is 159 Å². The molecule has 0 spiro atoms. The first-order valence-corrected chi connectivity index (χ1v) is 9.26. The van der Waals surface area contributed by atoms with E-state index in [1.807, 2.05) is 51.1 Å². The van der Waals surface area contributed by atoms with Gasteiger partial charge in [-0.2, -0.15) is 0 Å². The van der Waals surface area contributed by atoms with Crippen LogP contribution in [0.15, 0.2) is 30.3 Å². The van der Waals surface area contributed by atoms with Gasteiger partial charge < -0.3 is 21.1 Å². The third-order valence-corrected chi connectivity index (χ3v) is 4.62. The Morgan fingerprint density at radius 1 is 1.35 bits per heavy atom. The molecule has 144 valence electrons. The van der Waals surface area contributed by atoms with E-state index in [2.05, 4.69) is 5.32 Å². The molecule has 0 aromatic heterocycles. The molecule has 1 aliphatic rings. The minimum absolute atomic E-state index is 0.220. The van der Waals surface area contributed by atoms with E-state index in [-0.39, 0.29) is 17.8 Å². The smallest absolute Gasteiger partial charge is 0.253 e. The Hall–Kier alpha value is -1.63. The topological polar surface area (TPSA) is 95.7 Å². The van der Waals surface area contributed by atoms with Crippen LogP contribution in [0.4, 0.5) is 0 Å². The van der Waals surface area contributed by atoms with Gasteiger partial charge in [0, 0.05) is 18.1 Å². The Morgan fingerprint density at radius 3 is 2.54 bits per heavy atom. The number of benzene rings is 1. The Kier molecular flexibility index (Phi) is 6.66. The number of nitrogens with one attached hydrogen (secondary N) is 1. The van der Waals surface area contributed by atoms with Gasteiger partial charge in [-0.3, -0.25) is 9.59 Å². The Morgan fingerprint density at radius 2 is 1.96 bits per heavy atom. The van der Waals surface area contributed by atoms with Crippen LogP contribution < -0.4 is 11.1 Å². The number of carbonyl (C=O) groups excluding carboxylic acids is 2. The molecule has 4 N–H and O–H groups in total. The van der Waals surface area contributed by atoms with E-state index >= 15 is 0 Å². The van der Waals surface area contributed by atoms with Crippen molar-refractivity contribution in [2.75, 3.05) is 6.54 Å². The SMILES string of the molecule is CC(C)(C)NC(=O)[C@@H]1C[C@H](Cl)CN1C(=O)[C@@H](O)[C@@H](N)Cc1ccccc1. The molecule has 2 amide bonds. The van der Waals surface area contributed by atoms with Crippen LogP contribution >= 0.6 is 11.6 Å². The molecule has 26 heavy (non-hydrogen) atoms. The van der Waals surface area contributed by atoms with E-state index in [0.29, 0.717) is 12.8 Å². The number of carbonyl (C=O) groups is 2. The van der Waals surface area contributed by atoms with E-state index in [1.165, 1.54) is 4.90 Å². The van der Waals surface area contributed by atoms with Crippen molar-refractivity contribution in [3.63, 3.8) is 0 Å². The van der Waals surface area contributed by atoms with Crippen LogP contribution in [0.5, 0.6) is 0 Å². The molecule has 1 aromatic rings. The second kappa shape index (κ2) is 8.37. The van der Waals surface area contributed by atoms with Gasteiger partial charge in [-0.1, -0.05) is 30.3 Å². The molecule has 1 fully saturated rings. The molecule has 0 radical (unpaired) electrons. The normalized spacial score (nSPS) is 22.8. The van der Waals surface area contributed by atoms with Gasteiger partial charge in [0.2, 0.25) is 5.91 Å². The largest absolute Gasteiger partial charge is 0.382 e. The molecule has 1 heterocycles. The molecule has 4 atom stereocenters. The number of amides is 2. The Bertz CT molecular complexity index is 633. The number of hydrogen-bond donors (Lipinski definition) is 3. The molecule has 7 heteroatoms. The molecule has 1 aromatic carbocycles. The zero-order valence-corrected chi connectivity index (χ0v) is 16.2. The van der Waals surface area contributed by atoms with Gasteiger partial charge in [-0.25, -0.2) is 0 Å². The van der Waals surface area contributed by atoms with Gasteiger partial charge >= 0.3 is 0 Å². The van der Waals surface area contributed by atoms with Crippen LogP contribution in [0.1, 0.15) is 32.8 Å². The minimum Gasteiger partial charge on any atom is -0.382 e. The highest BCUT2D eigenvalue weighted by Gasteiger charge is 2.42. The summed E-state index contributed by atoms with van der Waals surface area (Å²) in [6.45, 7) is 5.83. The van der Waals surface area contributed by atoms with Crippen molar-refractivity contribution < 1.29 is 14.7 Å². The maximum Gasteiger partial charge on any atom is 0.253 e. The van der Waals surface area contributed by atoms with E-state index in [0.717, 1.165) is 5.56 Å². The maximum atomic E-state index is 12.8. The van der Waals surface area contributed by atoms with E-state index in [9.17, 15) is 14.7 Å². The lowest BCUT2D eigenvalue weighted by Crippen LogP contribution is -2.55. The van der Waals surface area contributed by atoms with E-state index in [1.54, 1.807) is 0 Å². The summed E-state index contributed by atoms with van der Waals surface area (Å²) in [5.74, 6) is -0.816. The molecule has 0 saturated carbocycles. The zero-order chi connectivity index (χ0) is 19.5. The van der Waals surface area contributed by atoms with E-state index < -0.39 is 29.6 Å². The second-order valence-corrected chi connectivity index (χ2v) is 8.49. The van der Waals surface area contributed by atoms with Crippen molar-refractivity contribution in [2.45, 2.75) is 62.7 Å². The molecular weight excluding hydrogens is 354 g/mol. The van der Waals surface area contributed by atoms with Gasteiger partial charge in [0.05, 0.1) is 5.38 Å². The highest BCUT2D eigenvalue weighted by Crippen LogP contribution is 2.24. The fourth-order valence-electron chi connectivity index (χ4n) is 3.08. The number of nitrogens with zero attached hydrogens (tertiary/aromatic N) is 1. The molecule has 0 aliphatic carbocycles. The summed E-state index contributed by atoms with van der Waals surface area (Å²) in [6.07, 6.45) is -0.664. The minimum atomic E-state index is -1.39. The number of halogens is 1. The molecule has 6 nitrogen and oxygen atoms in total. The molecule has 1 saturated heterocycles. The summed E-state index contributed by atoms with van der Waals surface area (Å²) in [4.78, 5) is 26.6. The first kappa shape index (κ1) is 20.7. The maximum absolute atomic E-state index is 12.8. The van der Waals surface area contributed by atoms with Crippen molar-refractivity contribution in [1.29, 1.82) is 0 Å². The molecule has 0 unspecified atom stereocenters. The summed E-state index contributed by atoms with van der Waals surface area (Å²) in [5.41, 5.74) is 6.56. The van der Waals surface area contributed by atoms with Crippen molar-refractivity contribution in [1.82, 2.24) is 10.2 Å². The lowest BCUT2D eigenvalue weighted by Gasteiger charge is -2.30. The van der Waals surface area contributed by atoms with Crippen LogP contribution in [0.2, 0.25) is 0 Å². The van der Waals surface area contributed by atoms with Crippen LogP contribution in [0.3, 0.4) is 0 Å². The van der Waals surface area contributed by atoms with Crippen molar-refractivity contribution in [3.8, 4) is 0 Å². The van der Waals surface area contributed by atoms with Crippen molar-refractivity contribution in [3.05, 3.63) is 35.9 Å². The van der Waals surface area contributed by atoms with Crippen LogP contribution in [0.25, 0.3) is 0 Å². The summed E-state index contributed by atoms with van der Waals surface area (Å²) < 4.78 is 0. The molecular formula is C19H28ClN3O3. The molecule has 1 aliphatic heterocycles. The number of likely N-dealkylation sites (tertiary alicyclic amines) is 1. The number of alkyl halides is 1. The Balaban J connectivity index is 2.06. The van der Waals surface area contributed by atoms with Gasteiger partial charge in [-0.15, -0.1) is 11.6 Å². The first-order valence-electron chi connectivity index (χ1n) is 8.82. The highest BCUT2D eigenvalue weighted by atomic mass is 35.5. The van der Waals surface area contributed by atoms with E-state index in [4.69, 9.17) is 17.3 Å². The quantitative estimate of drug-likeness (QED) is 0.664. The van der Waals surface area contributed by atoms with Gasteiger partial charge in [0.15, 0.2) is 0 Å². The van der Waals surface area contributed by atoms with Crippen LogP contribution in [-0.4, -0.2) is 57.5 Å². The molecule has 2 rings (SSSR count). The van der Waals surface area contributed by atoms with Gasteiger partial charge in [-0.05, 0) is 39.2 Å². The third kappa shape index (κ3) is 5.43. The first-order chi connectivity index (χ1) is 12.1. The summed E-state index contributed by atoms with van der Waals surface area (Å²) in [6, 6.07) is 7.97. The standard InChI is InChI=1S/C19H28ClN3O3/c1-19(2,3)22-17(25)15-10-13(20)11-23(15)18(26)16(24)14(21)9-12-7-5-4-6-8-12/h4-8,13-16,24H,9-11,21H2,1-3H3,(H,22,25)/t13-,14-,15-,16-/m0/s1. The number of aliphatic hydroxyl groups excluding tert-OH is 1. The van der Waals surface area contributed by atoms with Crippen LogP contribution in [0, 0.1) is 0 Å². The van der Waals surface area contributed by atoms with Crippen LogP contribution in [-0.2, 0) is 16.0 Å². The van der Waals surface area contributed by atoms with Gasteiger partial charge in [0.1, 0.15) is 12.1 Å². The van der Waals surface area contributed by atoms with Gasteiger partial charge in [0.25, 0.3) is 5.91 Å². The lowest BCUT2D eigenvalue weighted by atomic mass is 10.0. The number of aliphatic hydroxyl groups is 1. The second-order valence-electron chi connectivity index (χ2n) is 7.88. The summed E-state index contributed by atoms with van der Waals surface area (Å²) in [5, 5.41) is 13.0. The fourth-order valence-corrected chi connectivity index (χ4v) is 3.40. The highest BCUT2D eigenvalue weighted by molar-refractivity contribution is 6.21. The summed E-state index contributed by atoms with van der Waals surface area (Å²) in [7, 11) is 0. The monoisotopic (exact) mass is 381 g/mol. The average molecular weight is 382 g/mol.